The van der Waals surface area contributed by atoms with Crippen LogP contribution in [0.25, 0.3) is 0 Å². The maximum atomic E-state index is 11.5. The van der Waals surface area contributed by atoms with Gasteiger partial charge in [0.2, 0.25) is 0 Å². The fourth-order valence-corrected chi connectivity index (χ4v) is 1.21. The Labute approximate surface area is 85.3 Å². The molecule has 1 rings (SSSR count). The SMILES string of the molecule is CCn1cc([N+](=O)[O-])cc(C(C)=O)c1=O. The quantitative estimate of drug-likeness (QED) is 0.423. The van der Waals surface area contributed by atoms with Gasteiger partial charge in [0.05, 0.1) is 16.7 Å². The Morgan fingerprint density at radius 3 is 2.60 bits per heavy atom. The third kappa shape index (κ3) is 2.09. The van der Waals surface area contributed by atoms with Gasteiger partial charge in [0.1, 0.15) is 0 Å². The number of carbonyl (C=O) groups excluding carboxylic acids is 1. The summed E-state index contributed by atoms with van der Waals surface area (Å²) in [5.41, 5.74) is -0.886. The fraction of sp³-hybridized carbons (Fsp3) is 0.333. The molecular formula is C9H10N2O4. The molecule has 0 fully saturated rings. The van der Waals surface area contributed by atoms with E-state index < -0.39 is 16.3 Å². The van der Waals surface area contributed by atoms with Gasteiger partial charge in [-0.25, -0.2) is 0 Å². The van der Waals surface area contributed by atoms with Gasteiger partial charge in [-0.3, -0.25) is 19.7 Å². The summed E-state index contributed by atoms with van der Waals surface area (Å²) in [7, 11) is 0. The summed E-state index contributed by atoms with van der Waals surface area (Å²) in [5, 5.41) is 10.5. The molecule has 0 saturated heterocycles. The summed E-state index contributed by atoms with van der Waals surface area (Å²) in [6.07, 6.45) is 1.13. The predicted octanol–water partition coefficient (Wildman–Crippen LogP) is 0.979. The maximum Gasteiger partial charge on any atom is 0.286 e. The molecule has 15 heavy (non-hydrogen) atoms. The second kappa shape index (κ2) is 4.04. The first-order valence-corrected chi connectivity index (χ1v) is 4.37. The van der Waals surface area contributed by atoms with E-state index in [0.717, 1.165) is 16.8 Å². The molecule has 80 valence electrons. The molecule has 0 radical (unpaired) electrons. The van der Waals surface area contributed by atoms with Crippen LogP contribution in [0.3, 0.4) is 0 Å². The third-order valence-corrected chi connectivity index (χ3v) is 2.00. The minimum absolute atomic E-state index is 0.147. The normalized spacial score (nSPS) is 10.0. The number of nitro groups is 1. The van der Waals surface area contributed by atoms with Crippen molar-refractivity contribution in [2.45, 2.75) is 20.4 Å². The molecule has 0 aliphatic carbocycles. The van der Waals surface area contributed by atoms with Crippen molar-refractivity contribution in [1.29, 1.82) is 0 Å². The summed E-state index contributed by atoms with van der Waals surface area (Å²) < 4.78 is 1.15. The summed E-state index contributed by atoms with van der Waals surface area (Å²) in [5.74, 6) is -0.467. The molecule has 0 spiro atoms. The number of aromatic nitrogens is 1. The number of ketones is 1. The first kappa shape index (κ1) is 11.1. The fourth-order valence-electron chi connectivity index (χ4n) is 1.21. The van der Waals surface area contributed by atoms with Crippen molar-refractivity contribution in [3.8, 4) is 0 Å². The molecule has 0 atom stereocenters. The second-order valence-electron chi connectivity index (χ2n) is 3.02. The van der Waals surface area contributed by atoms with Crippen molar-refractivity contribution in [3.05, 3.63) is 38.3 Å². The molecule has 0 saturated carbocycles. The van der Waals surface area contributed by atoms with Gasteiger partial charge in [0.15, 0.2) is 5.78 Å². The smallest absolute Gasteiger partial charge is 0.286 e. The molecule has 0 bridgehead atoms. The highest BCUT2D eigenvalue weighted by Crippen LogP contribution is 2.10. The minimum atomic E-state index is -0.627. The van der Waals surface area contributed by atoms with Crippen LogP contribution in [0.1, 0.15) is 24.2 Å². The number of hydrogen-bond donors (Lipinski definition) is 0. The van der Waals surface area contributed by atoms with Gasteiger partial charge >= 0.3 is 0 Å². The van der Waals surface area contributed by atoms with Crippen LogP contribution >= 0.6 is 0 Å². The lowest BCUT2D eigenvalue weighted by atomic mass is 10.2. The summed E-state index contributed by atoms with van der Waals surface area (Å²) >= 11 is 0. The number of carbonyl (C=O) groups is 1. The molecule has 6 nitrogen and oxygen atoms in total. The van der Waals surface area contributed by atoms with E-state index in [9.17, 15) is 19.7 Å². The van der Waals surface area contributed by atoms with Gasteiger partial charge < -0.3 is 4.57 Å². The molecule has 6 heteroatoms. The van der Waals surface area contributed by atoms with E-state index >= 15 is 0 Å². The lowest BCUT2D eigenvalue weighted by molar-refractivity contribution is -0.385. The van der Waals surface area contributed by atoms with Crippen LogP contribution < -0.4 is 5.56 Å². The standard InChI is InChI=1S/C9H10N2O4/c1-3-10-5-7(11(14)15)4-8(6(2)12)9(10)13/h4-5H,3H2,1-2H3. The largest absolute Gasteiger partial charge is 0.308 e. The highest BCUT2D eigenvalue weighted by atomic mass is 16.6. The Morgan fingerprint density at radius 2 is 2.20 bits per heavy atom. The number of nitrogens with zero attached hydrogens (tertiary/aromatic N) is 2. The van der Waals surface area contributed by atoms with Crippen LogP contribution in [-0.2, 0) is 6.54 Å². The van der Waals surface area contributed by atoms with Gasteiger partial charge in [-0.15, -0.1) is 0 Å². The van der Waals surface area contributed by atoms with E-state index in [4.69, 9.17) is 0 Å². The zero-order valence-corrected chi connectivity index (χ0v) is 8.39. The van der Waals surface area contributed by atoms with Crippen molar-refractivity contribution in [3.63, 3.8) is 0 Å². The zero-order chi connectivity index (χ0) is 11.6. The molecule has 0 aromatic carbocycles. The Kier molecular flexibility index (Phi) is 2.99. The van der Waals surface area contributed by atoms with E-state index in [-0.39, 0.29) is 11.3 Å². The van der Waals surface area contributed by atoms with Gasteiger partial charge in [0, 0.05) is 12.6 Å². The van der Waals surface area contributed by atoms with E-state index in [1.165, 1.54) is 6.92 Å². The van der Waals surface area contributed by atoms with Gasteiger partial charge in [-0.2, -0.15) is 0 Å². The Morgan fingerprint density at radius 1 is 1.60 bits per heavy atom. The number of pyridine rings is 1. The maximum absolute atomic E-state index is 11.5. The van der Waals surface area contributed by atoms with Gasteiger partial charge in [-0.05, 0) is 13.8 Å². The third-order valence-electron chi connectivity index (χ3n) is 2.00. The molecule has 1 aromatic heterocycles. The van der Waals surface area contributed by atoms with Crippen molar-refractivity contribution < 1.29 is 9.72 Å². The van der Waals surface area contributed by atoms with Gasteiger partial charge in [0.25, 0.3) is 11.2 Å². The van der Waals surface area contributed by atoms with E-state index in [2.05, 4.69) is 0 Å². The summed E-state index contributed by atoms with van der Waals surface area (Å²) in [4.78, 5) is 32.5. The average molecular weight is 210 g/mol. The molecule has 0 aliphatic heterocycles. The highest BCUT2D eigenvalue weighted by Gasteiger charge is 2.15. The first-order chi connectivity index (χ1) is 6.97. The number of hydrogen-bond acceptors (Lipinski definition) is 4. The average Bonchev–Trinajstić information content (AvgIpc) is 2.17. The summed E-state index contributed by atoms with van der Waals surface area (Å²) in [6, 6.07) is 1.01. The molecule has 1 aromatic rings. The van der Waals surface area contributed by atoms with Crippen LogP contribution in [0.5, 0.6) is 0 Å². The zero-order valence-electron chi connectivity index (χ0n) is 8.39. The van der Waals surface area contributed by atoms with E-state index in [1.54, 1.807) is 6.92 Å². The van der Waals surface area contributed by atoms with Crippen LogP contribution in [0.2, 0.25) is 0 Å². The second-order valence-corrected chi connectivity index (χ2v) is 3.02. The van der Waals surface area contributed by atoms with Gasteiger partial charge in [-0.1, -0.05) is 0 Å². The topological polar surface area (TPSA) is 82.2 Å². The van der Waals surface area contributed by atoms with Crippen LogP contribution in [0.15, 0.2) is 17.1 Å². The first-order valence-electron chi connectivity index (χ1n) is 4.37. The summed E-state index contributed by atoms with van der Waals surface area (Å²) in [6.45, 7) is 3.18. The minimum Gasteiger partial charge on any atom is -0.308 e. The molecular weight excluding hydrogens is 200 g/mol. The van der Waals surface area contributed by atoms with Crippen LogP contribution in [-0.4, -0.2) is 15.3 Å². The number of Topliss-reactive ketones (excluding diaryl/α,β-unsaturated/α-hetero) is 1. The van der Waals surface area contributed by atoms with Crippen molar-refractivity contribution in [2.24, 2.45) is 0 Å². The molecule has 0 amide bonds. The number of rotatable bonds is 3. The molecule has 0 N–H and O–H groups in total. The van der Waals surface area contributed by atoms with E-state index in [0.29, 0.717) is 6.54 Å². The predicted molar refractivity (Wildman–Crippen MR) is 53.0 cm³/mol. The molecule has 0 unspecified atom stereocenters. The van der Waals surface area contributed by atoms with Crippen molar-refractivity contribution in [1.82, 2.24) is 4.57 Å². The Hall–Kier alpha value is -1.98. The lowest BCUT2D eigenvalue weighted by Gasteiger charge is -2.03. The van der Waals surface area contributed by atoms with Crippen molar-refractivity contribution in [2.75, 3.05) is 0 Å². The van der Waals surface area contributed by atoms with Crippen LogP contribution in [0.4, 0.5) is 5.69 Å². The number of aryl methyl sites for hydroxylation is 1. The highest BCUT2D eigenvalue weighted by molar-refractivity contribution is 5.94. The molecule has 0 aliphatic rings. The van der Waals surface area contributed by atoms with Crippen LogP contribution in [0, 0.1) is 10.1 Å². The monoisotopic (exact) mass is 210 g/mol. The van der Waals surface area contributed by atoms with Crippen molar-refractivity contribution >= 4 is 11.5 Å². The molecule has 1 heterocycles. The Balaban J connectivity index is 3.52. The van der Waals surface area contributed by atoms with E-state index in [1.807, 2.05) is 0 Å². The Bertz CT molecular complexity index is 475. The lowest BCUT2D eigenvalue weighted by Crippen LogP contribution is -2.25.